The highest BCUT2D eigenvalue weighted by molar-refractivity contribution is 6.02. The summed E-state index contributed by atoms with van der Waals surface area (Å²) in [4.78, 5) is 31.6. The largest absolute Gasteiger partial charge is 0.463 e. The summed E-state index contributed by atoms with van der Waals surface area (Å²) in [5.41, 5.74) is 1.28. The van der Waals surface area contributed by atoms with Crippen molar-refractivity contribution in [2.45, 2.75) is 70.5 Å². The molecule has 7 heteroatoms. The maximum atomic E-state index is 13.7. The summed E-state index contributed by atoms with van der Waals surface area (Å²) in [6.07, 6.45) is 8.62. The van der Waals surface area contributed by atoms with Crippen molar-refractivity contribution < 1.29 is 14.0 Å². The van der Waals surface area contributed by atoms with E-state index in [-0.39, 0.29) is 17.9 Å². The zero-order chi connectivity index (χ0) is 21.6. The Morgan fingerprint density at radius 3 is 2.74 bits per heavy atom. The number of hydrogen-bond donors (Lipinski definition) is 1. The molecule has 3 unspecified atom stereocenters. The van der Waals surface area contributed by atoms with Crippen molar-refractivity contribution in [2.75, 3.05) is 26.2 Å². The molecule has 168 valence electrons. The second-order valence-corrected chi connectivity index (χ2v) is 9.91. The average Bonchev–Trinajstić information content (AvgIpc) is 3.48. The van der Waals surface area contributed by atoms with Crippen molar-refractivity contribution in [2.24, 2.45) is 5.92 Å². The molecule has 0 spiro atoms. The number of carbonyl (C=O) groups is 2. The standard InChI is InChI=1S/C24H34N4O3/c1-17-7-3-4-8-18(17)25-23(30)24(2)16-27-19-9-14-31-21(19)15-20(27)22(29)28(24)13-12-26-10-5-6-11-26/h9,14-15,17-18H,3-8,10-13,16H2,1-2H3,(H,25,30). The van der Waals surface area contributed by atoms with E-state index in [4.69, 9.17) is 4.42 Å². The highest BCUT2D eigenvalue weighted by atomic mass is 16.3. The minimum absolute atomic E-state index is 0.0305. The fraction of sp³-hybridized carbons (Fsp3) is 0.667. The van der Waals surface area contributed by atoms with Crippen LogP contribution in [0.25, 0.3) is 11.1 Å². The molecule has 0 bridgehead atoms. The van der Waals surface area contributed by atoms with E-state index in [0.717, 1.165) is 44.4 Å². The minimum atomic E-state index is -0.926. The molecule has 1 saturated heterocycles. The molecule has 1 N–H and O–H groups in total. The zero-order valence-corrected chi connectivity index (χ0v) is 18.7. The van der Waals surface area contributed by atoms with Gasteiger partial charge in [-0.05, 0) is 51.6 Å². The first-order valence-electron chi connectivity index (χ1n) is 11.9. The van der Waals surface area contributed by atoms with Crippen LogP contribution < -0.4 is 5.32 Å². The maximum absolute atomic E-state index is 13.7. The first kappa shape index (κ1) is 20.6. The Kier molecular flexibility index (Phi) is 5.32. The Balaban J connectivity index is 1.45. The Morgan fingerprint density at radius 1 is 1.19 bits per heavy atom. The van der Waals surface area contributed by atoms with Crippen LogP contribution in [-0.4, -0.2) is 63.9 Å². The second kappa shape index (κ2) is 8.01. The minimum Gasteiger partial charge on any atom is -0.463 e. The summed E-state index contributed by atoms with van der Waals surface area (Å²) in [6, 6.07) is 3.89. The van der Waals surface area contributed by atoms with Gasteiger partial charge in [0.2, 0.25) is 5.91 Å². The van der Waals surface area contributed by atoms with Crippen molar-refractivity contribution >= 4 is 22.9 Å². The molecule has 1 saturated carbocycles. The maximum Gasteiger partial charge on any atom is 0.271 e. The van der Waals surface area contributed by atoms with Crippen LogP contribution in [0, 0.1) is 5.92 Å². The monoisotopic (exact) mass is 426 g/mol. The number of carbonyl (C=O) groups excluding carboxylic acids is 2. The van der Waals surface area contributed by atoms with Gasteiger partial charge in [-0.1, -0.05) is 19.8 Å². The Labute approximate surface area is 183 Å². The Bertz CT molecular complexity index is 973. The van der Waals surface area contributed by atoms with E-state index in [1.54, 1.807) is 6.26 Å². The predicted octanol–water partition coefficient (Wildman–Crippen LogP) is 3.24. The third-order valence-electron chi connectivity index (χ3n) is 7.80. The number of furan rings is 1. The molecule has 3 atom stereocenters. The van der Waals surface area contributed by atoms with Crippen LogP contribution >= 0.6 is 0 Å². The van der Waals surface area contributed by atoms with Crippen molar-refractivity contribution in [1.29, 1.82) is 0 Å². The fourth-order valence-corrected chi connectivity index (χ4v) is 5.73. The number of aromatic nitrogens is 1. The average molecular weight is 427 g/mol. The summed E-state index contributed by atoms with van der Waals surface area (Å²) < 4.78 is 7.53. The van der Waals surface area contributed by atoms with Crippen LogP contribution in [0.5, 0.6) is 0 Å². The number of nitrogens with zero attached hydrogens (tertiary/aromatic N) is 3. The van der Waals surface area contributed by atoms with E-state index in [1.807, 2.05) is 28.5 Å². The lowest BCUT2D eigenvalue weighted by Crippen LogP contribution is -2.66. The first-order valence-corrected chi connectivity index (χ1v) is 11.9. The summed E-state index contributed by atoms with van der Waals surface area (Å²) in [6.45, 7) is 8.14. The van der Waals surface area contributed by atoms with Gasteiger partial charge in [-0.2, -0.15) is 0 Å². The molecule has 0 aromatic carbocycles. The molecule has 5 rings (SSSR count). The Morgan fingerprint density at radius 2 is 1.97 bits per heavy atom. The van der Waals surface area contributed by atoms with E-state index in [2.05, 4.69) is 17.1 Å². The SMILES string of the molecule is CC1CCCCC1NC(=O)C1(C)Cn2c(cc3occc32)C(=O)N1CCN1CCCC1. The molecule has 0 radical (unpaired) electrons. The molecule has 2 aromatic rings. The molecular weight excluding hydrogens is 392 g/mol. The quantitative estimate of drug-likeness (QED) is 0.797. The molecule has 3 aliphatic rings. The summed E-state index contributed by atoms with van der Waals surface area (Å²) >= 11 is 0. The lowest BCUT2D eigenvalue weighted by molar-refractivity contribution is -0.134. The van der Waals surface area contributed by atoms with Gasteiger partial charge >= 0.3 is 0 Å². The van der Waals surface area contributed by atoms with Gasteiger partial charge in [-0.15, -0.1) is 0 Å². The van der Waals surface area contributed by atoms with E-state index < -0.39 is 5.54 Å². The lowest BCUT2D eigenvalue weighted by Gasteiger charge is -2.45. The van der Waals surface area contributed by atoms with E-state index in [9.17, 15) is 9.59 Å². The third kappa shape index (κ3) is 3.56. The summed E-state index contributed by atoms with van der Waals surface area (Å²) in [5.74, 6) is 0.365. The molecule has 1 aliphatic carbocycles. The van der Waals surface area contributed by atoms with Crippen LogP contribution in [0.1, 0.15) is 62.9 Å². The van der Waals surface area contributed by atoms with Crippen LogP contribution in [0.3, 0.4) is 0 Å². The van der Waals surface area contributed by atoms with Crippen LogP contribution in [0.15, 0.2) is 22.8 Å². The van der Waals surface area contributed by atoms with Crippen molar-refractivity contribution in [3.05, 3.63) is 24.1 Å². The predicted molar refractivity (Wildman–Crippen MR) is 119 cm³/mol. The van der Waals surface area contributed by atoms with Crippen molar-refractivity contribution in [1.82, 2.24) is 19.7 Å². The van der Waals surface area contributed by atoms with Crippen LogP contribution in [0.4, 0.5) is 0 Å². The van der Waals surface area contributed by atoms with Crippen LogP contribution in [-0.2, 0) is 11.3 Å². The lowest BCUT2D eigenvalue weighted by atomic mass is 9.85. The van der Waals surface area contributed by atoms with Gasteiger partial charge in [0.25, 0.3) is 5.91 Å². The molecule has 31 heavy (non-hydrogen) atoms. The molecule has 2 aliphatic heterocycles. The normalized spacial score (nSPS) is 29.5. The van der Waals surface area contributed by atoms with Gasteiger partial charge in [-0.3, -0.25) is 9.59 Å². The van der Waals surface area contributed by atoms with Gasteiger partial charge in [0, 0.05) is 31.3 Å². The highest BCUT2D eigenvalue weighted by Gasteiger charge is 2.48. The van der Waals surface area contributed by atoms with Crippen molar-refractivity contribution in [3.63, 3.8) is 0 Å². The number of nitrogens with one attached hydrogen (secondary N) is 1. The van der Waals surface area contributed by atoms with Gasteiger partial charge in [0.05, 0.1) is 18.3 Å². The van der Waals surface area contributed by atoms with E-state index in [1.165, 1.54) is 19.3 Å². The second-order valence-electron chi connectivity index (χ2n) is 9.91. The number of rotatable bonds is 5. The number of hydrogen-bond acceptors (Lipinski definition) is 4. The van der Waals surface area contributed by atoms with Gasteiger partial charge in [0.15, 0.2) is 5.58 Å². The van der Waals surface area contributed by atoms with Crippen molar-refractivity contribution in [3.8, 4) is 0 Å². The molecule has 2 fully saturated rings. The highest BCUT2D eigenvalue weighted by Crippen LogP contribution is 2.33. The zero-order valence-electron chi connectivity index (χ0n) is 18.7. The summed E-state index contributed by atoms with van der Waals surface area (Å²) in [5, 5.41) is 3.34. The number of fused-ring (bicyclic) bond motifs is 3. The van der Waals surface area contributed by atoms with E-state index in [0.29, 0.717) is 30.3 Å². The third-order valence-corrected chi connectivity index (χ3v) is 7.80. The topological polar surface area (TPSA) is 70.7 Å². The molecule has 4 heterocycles. The number of amides is 2. The van der Waals surface area contributed by atoms with Gasteiger partial charge in [-0.25, -0.2) is 0 Å². The van der Waals surface area contributed by atoms with Crippen LogP contribution in [0.2, 0.25) is 0 Å². The number of likely N-dealkylation sites (tertiary alicyclic amines) is 1. The molecular formula is C24H34N4O3. The van der Waals surface area contributed by atoms with Gasteiger partial charge in [0.1, 0.15) is 11.2 Å². The molecule has 2 amide bonds. The first-order chi connectivity index (χ1) is 15.0. The Hall–Kier alpha value is -2.28. The van der Waals surface area contributed by atoms with Gasteiger partial charge < -0.3 is 24.1 Å². The molecule has 2 aromatic heterocycles. The summed E-state index contributed by atoms with van der Waals surface area (Å²) in [7, 11) is 0. The van der Waals surface area contributed by atoms with E-state index >= 15 is 0 Å². The smallest absolute Gasteiger partial charge is 0.271 e. The molecule has 7 nitrogen and oxygen atoms in total. The fourth-order valence-electron chi connectivity index (χ4n) is 5.73.